The Kier molecular flexibility index (Phi) is 9.38. The molecule has 0 aliphatic rings. The van der Waals surface area contributed by atoms with Crippen molar-refractivity contribution in [3.63, 3.8) is 0 Å². The summed E-state index contributed by atoms with van der Waals surface area (Å²) in [4.78, 5) is 4.12. The molecule has 1 atom stereocenters. The Morgan fingerprint density at radius 3 is 2.64 bits per heavy atom. The second-order valence-electron chi connectivity index (χ2n) is 6.48. The van der Waals surface area contributed by atoms with Crippen LogP contribution in [0.1, 0.15) is 57.4 Å². The van der Waals surface area contributed by atoms with Crippen LogP contribution in [0.2, 0.25) is 10.0 Å². The van der Waals surface area contributed by atoms with Crippen LogP contribution in [-0.2, 0) is 17.9 Å². The predicted octanol–water partition coefficient (Wildman–Crippen LogP) is 6.53. The largest absolute Gasteiger partial charge is 0.372 e. The fourth-order valence-corrected chi connectivity index (χ4v) is 3.32. The third kappa shape index (κ3) is 7.81. The lowest BCUT2D eigenvalue weighted by atomic mass is 10.1. The highest BCUT2D eigenvalue weighted by atomic mass is 35.5. The van der Waals surface area contributed by atoms with Crippen molar-refractivity contribution in [3.8, 4) is 0 Å². The molecule has 1 aromatic heterocycles. The van der Waals surface area contributed by atoms with Crippen LogP contribution in [0, 0.1) is 0 Å². The molecular formula is C20H28Cl2N2O. The van der Waals surface area contributed by atoms with E-state index >= 15 is 0 Å². The number of imidazole rings is 1. The minimum Gasteiger partial charge on any atom is -0.372 e. The first kappa shape index (κ1) is 20.3. The topological polar surface area (TPSA) is 27.1 Å². The molecule has 1 aromatic carbocycles. The molecule has 0 N–H and O–H groups in total. The predicted molar refractivity (Wildman–Crippen MR) is 105 cm³/mol. The van der Waals surface area contributed by atoms with Crippen molar-refractivity contribution in [3.05, 3.63) is 52.5 Å². The minimum absolute atomic E-state index is 0.159. The van der Waals surface area contributed by atoms with Gasteiger partial charge in [0, 0.05) is 29.0 Å². The van der Waals surface area contributed by atoms with Crippen LogP contribution in [0.4, 0.5) is 0 Å². The molecule has 0 radical (unpaired) electrons. The van der Waals surface area contributed by atoms with Crippen molar-refractivity contribution in [1.82, 2.24) is 9.55 Å². The third-order valence-electron chi connectivity index (χ3n) is 4.34. The van der Waals surface area contributed by atoms with E-state index < -0.39 is 0 Å². The summed E-state index contributed by atoms with van der Waals surface area (Å²) in [5, 5.41) is 1.31. The zero-order chi connectivity index (χ0) is 17.9. The molecule has 0 spiro atoms. The smallest absolute Gasteiger partial charge is 0.0946 e. The van der Waals surface area contributed by atoms with Gasteiger partial charge in [-0.25, -0.2) is 4.98 Å². The number of hydrogen-bond donors (Lipinski definition) is 0. The Balaban J connectivity index is 1.83. The maximum atomic E-state index is 6.25. The van der Waals surface area contributed by atoms with Gasteiger partial charge in [-0.15, -0.1) is 0 Å². The minimum atomic E-state index is 0.159. The summed E-state index contributed by atoms with van der Waals surface area (Å²) in [7, 11) is 0. The van der Waals surface area contributed by atoms with Crippen LogP contribution < -0.4 is 0 Å². The van der Waals surface area contributed by atoms with Crippen molar-refractivity contribution in [2.45, 2.75) is 71.1 Å². The molecule has 138 valence electrons. The summed E-state index contributed by atoms with van der Waals surface area (Å²) in [5.74, 6) is 0. The van der Waals surface area contributed by atoms with E-state index in [1.807, 2.05) is 24.7 Å². The van der Waals surface area contributed by atoms with Gasteiger partial charge < -0.3 is 9.30 Å². The summed E-state index contributed by atoms with van der Waals surface area (Å²) >= 11 is 12.2. The summed E-state index contributed by atoms with van der Waals surface area (Å²) in [6.07, 6.45) is 14.6. The number of hydrogen-bond acceptors (Lipinski definition) is 2. The molecule has 0 saturated carbocycles. The van der Waals surface area contributed by atoms with Crippen LogP contribution in [0.3, 0.4) is 0 Å². The van der Waals surface area contributed by atoms with E-state index in [-0.39, 0.29) is 6.10 Å². The molecule has 0 saturated heterocycles. The first-order valence-corrected chi connectivity index (χ1v) is 9.96. The fourth-order valence-electron chi connectivity index (χ4n) is 2.86. The van der Waals surface area contributed by atoms with Gasteiger partial charge >= 0.3 is 0 Å². The highest BCUT2D eigenvalue weighted by molar-refractivity contribution is 6.35. The van der Waals surface area contributed by atoms with Crippen molar-refractivity contribution in [2.24, 2.45) is 0 Å². The molecule has 25 heavy (non-hydrogen) atoms. The molecule has 5 heteroatoms. The lowest BCUT2D eigenvalue weighted by molar-refractivity contribution is 0.0221. The first-order chi connectivity index (χ1) is 12.2. The lowest BCUT2D eigenvalue weighted by Crippen LogP contribution is -2.19. The average Bonchev–Trinajstić information content (AvgIpc) is 3.09. The Labute approximate surface area is 161 Å². The molecule has 0 aliphatic carbocycles. The van der Waals surface area contributed by atoms with Gasteiger partial charge in [-0.1, -0.05) is 74.7 Å². The highest BCUT2D eigenvalue weighted by Gasteiger charge is 2.12. The van der Waals surface area contributed by atoms with Gasteiger partial charge in [-0.3, -0.25) is 0 Å². The van der Waals surface area contributed by atoms with Gasteiger partial charge in [0.1, 0.15) is 0 Å². The molecule has 0 fully saturated rings. The Morgan fingerprint density at radius 2 is 1.92 bits per heavy atom. The zero-order valence-corrected chi connectivity index (χ0v) is 16.5. The van der Waals surface area contributed by atoms with Crippen LogP contribution in [-0.4, -0.2) is 15.7 Å². The van der Waals surface area contributed by atoms with Crippen molar-refractivity contribution >= 4 is 23.2 Å². The molecule has 2 rings (SSSR count). The standard InChI is InChI=1S/C20H28Cl2N2O/c1-2-3-4-5-6-7-8-19(14-24-12-11-23-16-24)25-15-17-9-10-18(21)13-20(17)22/h9-13,16,19H,2-8,14-15H2,1H3. The molecular weight excluding hydrogens is 355 g/mol. The van der Waals surface area contributed by atoms with Crippen molar-refractivity contribution in [1.29, 1.82) is 0 Å². The number of ether oxygens (including phenoxy) is 1. The lowest BCUT2D eigenvalue weighted by Gasteiger charge is -2.19. The second-order valence-corrected chi connectivity index (χ2v) is 7.33. The van der Waals surface area contributed by atoms with Crippen LogP contribution in [0.5, 0.6) is 0 Å². The maximum Gasteiger partial charge on any atom is 0.0946 e. The molecule has 1 heterocycles. The second kappa shape index (κ2) is 11.6. The molecule has 2 aromatic rings. The Hall–Kier alpha value is -1.03. The molecule has 0 amide bonds. The Bertz CT molecular complexity index is 602. The van der Waals surface area contributed by atoms with Gasteiger partial charge in [0.2, 0.25) is 0 Å². The van der Waals surface area contributed by atoms with Crippen LogP contribution >= 0.6 is 23.2 Å². The SMILES string of the molecule is CCCCCCCCC(Cn1ccnc1)OCc1ccc(Cl)cc1Cl. The first-order valence-electron chi connectivity index (χ1n) is 9.20. The van der Waals surface area contributed by atoms with Gasteiger partial charge in [0.25, 0.3) is 0 Å². The molecule has 1 unspecified atom stereocenters. The van der Waals surface area contributed by atoms with E-state index in [0.717, 1.165) is 18.5 Å². The van der Waals surface area contributed by atoms with E-state index in [9.17, 15) is 0 Å². The Morgan fingerprint density at radius 1 is 1.12 bits per heavy atom. The number of halogens is 2. The number of rotatable bonds is 12. The van der Waals surface area contributed by atoms with Gasteiger partial charge in [-0.2, -0.15) is 0 Å². The number of aromatic nitrogens is 2. The fraction of sp³-hybridized carbons (Fsp3) is 0.550. The average molecular weight is 383 g/mol. The van der Waals surface area contributed by atoms with Gasteiger partial charge in [-0.05, 0) is 24.1 Å². The molecule has 0 aliphatic heterocycles. The van der Waals surface area contributed by atoms with E-state index in [2.05, 4.69) is 16.5 Å². The molecule has 0 bridgehead atoms. The monoisotopic (exact) mass is 382 g/mol. The van der Waals surface area contributed by atoms with Gasteiger partial charge in [0.05, 0.1) is 19.0 Å². The maximum absolute atomic E-state index is 6.25. The number of nitrogens with zero attached hydrogens (tertiary/aromatic N) is 2. The summed E-state index contributed by atoms with van der Waals surface area (Å²) in [5.41, 5.74) is 0.977. The summed E-state index contributed by atoms with van der Waals surface area (Å²) in [6.45, 7) is 3.57. The van der Waals surface area contributed by atoms with Crippen molar-refractivity contribution in [2.75, 3.05) is 0 Å². The normalized spacial score (nSPS) is 12.4. The van der Waals surface area contributed by atoms with E-state index in [1.165, 1.54) is 38.5 Å². The third-order valence-corrected chi connectivity index (χ3v) is 4.93. The van der Waals surface area contributed by atoms with Crippen LogP contribution in [0.25, 0.3) is 0 Å². The van der Waals surface area contributed by atoms with E-state index in [0.29, 0.717) is 16.7 Å². The van der Waals surface area contributed by atoms with Crippen LogP contribution in [0.15, 0.2) is 36.9 Å². The zero-order valence-electron chi connectivity index (χ0n) is 15.0. The molecule has 3 nitrogen and oxygen atoms in total. The number of benzene rings is 1. The van der Waals surface area contributed by atoms with E-state index in [4.69, 9.17) is 27.9 Å². The van der Waals surface area contributed by atoms with Crippen molar-refractivity contribution < 1.29 is 4.74 Å². The summed E-state index contributed by atoms with van der Waals surface area (Å²) < 4.78 is 8.25. The summed E-state index contributed by atoms with van der Waals surface area (Å²) in [6, 6.07) is 5.55. The van der Waals surface area contributed by atoms with E-state index in [1.54, 1.807) is 12.3 Å². The number of unbranched alkanes of at least 4 members (excludes halogenated alkanes) is 5. The highest BCUT2D eigenvalue weighted by Crippen LogP contribution is 2.23. The van der Waals surface area contributed by atoms with Gasteiger partial charge in [0.15, 0.2) is 0 Å². The quantitative estimate of drug-likeness (QED) is 0.390.